The number of nitrogens with zero attached hydrogens (tertiary/aromatic N) is 5. The van der Waals surface area contributed by atoms with Crippen LogP contribution >= 0.6 is 0 Å². The highest BCUT2D eigenvalue weighted by Gasteiger charge is 2.39. The van der Waals surface area contributed by atoms with Crippen LogP contribution in [0.5, 0.6) is 5.75 Å². The fraction of sp³-hybridized carbons (Fsp3) is 0.156. The van der Waals surface area contributed by atoms with Gasteiger partial charge in [0.25, 0.3) is 11.8 Å². The van der Waals surface area contributed by atoms with Crippen molar-refractivity contribution in [3.05, 3.63) is 102 Å². The lowest BCUT2D eigenvalue weighted by molar-refractivity contribution is -0.124. The summed E-state index contributed by atoms with van der Waals surface area (Å²) in [5, 5.41) is 17.6. The summed E-state index contributed by atoms with van der Waals surface area (Å²) in [5.41, 5.74) is 8.11. The number of aromatic nitrogens is 1. The molecule has 0 spiro atoms. The molecule has 2 aliphatic rings. The number of amides is 3. The van der Waals surface area contributed by atoms with Gasteiger partial charge in [0, 0.05) is 49.2 Å². The second-order valence-electron chi connectivity index (χ2n) is 10.3. The van der Waals surface area contributed by atoms with E-state index in [0.29, 0.717) is 35.1 Å². The van der Waals surface area contributed by atoms with Gasteiger partial charge in [-0.25, -0.2) is 4.98 Å². The minimum atomic E-state index is -0.897. The number of pyridine rings is 1. The third kappa shape index (κ3) is 7.60. The minimum Gasteiger partial charge on any atom is -0.439 e. The number of nitrogens with two attached hydrogens (primary N) is 1. The van der Waals surface area contributed by atoms with Crippen molar-refractivity contribution in [3.8, 4) is 5.75 Å². The molecule has 2 aliphatic heterocycles. The molecule has 14 heteroatoms. The molecule has 2 aromatic carbocycles. The van der Waals surface area contributed by atoms with Gasteiger partial charge in [-0.1, -0.05) is 29.9 Å². The molecule has 14 nitrogen and oxygen atoms in total. The monoisotopic (exact) mass is 621 g/mol. The van der Waals surface area contributed by atoms with Gasteiger partial charge >= 0.3 is 0 Å². The van der Waals surface area contributed by atoms with Gasteiger partial charge in [-0.05, 0) is 54.1 Å². The molecule has 1 aromatic heterocycles. The van der Waals surface area contributed by atoms with Crippen LogP contribution in [0.4, 0.5) is 17.2 Å². The van der Waals surface area contributed by atoms with Crippen LogP contribution in [0.15, 0.2) is 112 Å². The number of nitrogen functional groups attached to an aromatic ring is 1. The normalized spacial score (nSPS) is 20.0. The van der Waals surface area contributed by atoms with Crippen LogP contribution in [0, 0.1) is 5.92 Å². The zero-order chi connectivity index (χ0) is 32.5. The predicted molar refractivity (Wildman–Crippen MR) is 174 cm³/mol. The summed E-state index contributed by atoms with van der Waals surface area (Å²) in [6.07, 6.45) is 5.51. The number of oxime groups is 1. The molecule has 0 saturated heterocycles. The number of rotatable bonds is 9. The molecule has 0 saturated carbocycles. The molecule has 3 aromatic rings. The first-order chi connectivity index (χ1) is 22.3. The molecular formula is C32H31N9O5. The first-order valence-corrected chi connectivity index (χ1v) is 14.1. The first-order valence-electron chi connectivity index (χ1n) is 14.1. The van der Waals surface area contributed by atoms with Crippen LogP contribution in [-0.2, 0) is 19.2 Å². The Morgan fingerprint density at radius 1 is 1.11 bits per heavy atom. The van der Waals surface area contributed by atoms with Crippen LogP contribution < -0.4 is 26.4 Å². The van der Waals surface area contributed by atoms with Crippen molar-refractivity contribution in [1.82, 2.24) is 15.3 Å². The molecule has 0 radical (unpaired) electrons. The van der Waals surface area contributed by atoms with E-state index in [-0.39, 0.29) is 23.8 Å². The van der Waals surface area contributed by atoms with E-state index in [0.717, 1.165) is 11.8 Å². The fourth-order valence-corrected chi connectivity index (χ4v) is 4.87. The number of nitrogens with one attached hydrogen (secondary N) is 3. The second-order valence-corrected chi connectivity index (χ2v) is 10.3. The minimum absolute atomic E-state index is 0.0979. The largest absolute Gasteiger partial charge is 0.439 e. The van der Waals surface area contributed by atoms with Crippen LogP contribution in [0.25, 0.3) is 0 Å². The van der Waals surface area contributed by atoms with Gasteiger partial charge in [-0.2, -0.15) is 10.1 Å². The highest BCUT2D eigenvalue weighted by Crippen LogP contribution is 2.36. The lowest BCUT2D eigenvalue weighted by Crippen LogP contribution is -2.37. The fourth-order valence-electron chi connectivity index (χ4n) is 4.87. The molecule has 3 atom stereocenters. The van der Waals surface area contributed by atoms with Crippen molar-refractivity contribution in [2.45, 2.75) is 12.0 Å². The van der Waals surface area contributed by atoms with Gasteiger partial charge in [0.1, 0.15) is 23.2 Å². The van der Waals surface area contributed by atoms with Crippen molar-refractivity contribution in [2.24, 2.45) is 21.2 Å². The van der Waals surface area contributed by atoms with E-state index in [1.807, 2.05) is 41.8 Å². The summed E-state index contributed by atoms with van der Waals surface area (Å²) in [4.78, 5) is 50.6. The molecule has 3 unspecified atom stereocenters. The number of aliphatic imine (C=N–C) groups is 1. The average molecular weight is 622 g/mol. The predicted octanol–water partition coefficient (Wildman–Crippen LogP) is 2.88. The molecule has 0 aliphatic carbocycles. The Labute approximate surface area is 264 Å². The zero-order valence-corrected chi connectivity index (χ0v) is 24.7. The van der Waals surface area contributed by atoms with E-state index in [9.17, 15) is 14.4 Å². The van der Waals surface area contributed by atoms with Crippen LogP contribution in [0.3, 0.4) is 0 Å². The van der Waals surface area contributed by atoms with Crippen LogP contribution in [-0.4, -0.2) is 66.4 Å². The number of carbonyl (C=O) groups excluding carboxylic acids is 3. The second kappa shape index (κ2) is 14.4. The van der Waals surface area contributed by atoms with E-state index in [1.165, 1.54) is 6.34 Å². The van der Waals surface area contributed by atoms with Crippen molar-refractivity contribution in [1.29, 1.82) is 0 Å². The topological polar surface area (TPSA) is 185 Å². The van der Waals surface area contributed by atoms with Crippen molar-refractivity contribution < 1.29 is 24.0 Å². The number of carbonyl (C=O) groups is 3. The number of hydrogen-bond acceptors (Lipinski definition) is 12. The van der Waals surface area contributed by atoms with Gasteiger partial charge in [-0.15, -0.1) is 0 Å². The SMILES string of the molecule is C=C1C(Oc2ccc(NC(=O)/C(=C/Nc3ccccn3)C(=O)NC=O)cc2)=N/C=N\OC(C2C=NN(C)C2)C1c1cccc(N)c1. The number of anilines is 3. The number of benzene rings is 2. The Morgan fingerprint density at radius 2 is 1.93 bits per heavy atom. The Balaban J connectivity index is 1.33. The molecular weight excluding hydrogens is 590 g/mol. The van der Waals surface area contributed by atoms with E-state index in [1.54, 1.807) is 54.7 Å². The summed E-state index contributed by atoms with van der Waals surface area (Å²) in [6, 6.07) is 18.9. The van der Waals surface area contributed by atoms with Crippen molar-refractivity contribution >= 4 is 53.9 Å². The lowest BCUT2D eigenvalue weighted by Gasteiger charge is -2.31. The van der Waals surface area contributed by atoms with Gasteiger partial charge in [0.15, 0.2) is 6.34 Å². The Hall–Kier alpha value is -6.31. The Morgan fingerprint density at radius 3 is 2.63 bits per heavy atom. The van der Waals surface area contributed by atoms with Gasteiger partial charge in [-0.3, -0.25) is 24.7 Å². The lowest BCUT2D eigenvalue weighted by atomic mass is 9.81. The third-order valence-corrected chi connectivity index (χ3v) is 7.04. The van der Waals surface area contributed by atoms with Crippen molar-refractivity contribution in [3.63, 3.8) is 0 Å². The number of hydrazone groups is 1. The van der Waals surface area contributed by atoms with E-state index < -0.39 is 23.8 Å². The quantitative estimate of drug-likeness (QED) is 0.0917. The van der Waals surface area contributed by atoms with Crippen molar-refractivity contribution in [2.75, 3.05) is 30.0 Å². The number of ether oxygens (including phenoxy) is 1. The van der Waals surface area contributed by atoms with E-state index >= 15 is 0 Å². The molecule has 234 valence electrons. The van der Waals surface area contributed by atoms with Crippen LogP contribution in [0.2, 0.25) is 0 Å². The Bertz CT molecular complexity index is 1720. The molecule has 0 fully saturated rings. The summed E-state index contributed by atoms with van der Waals surface area (Å²) >= 11 is 0. The number of hydrogen-bond donors (Lipinski definition) is 4. The maximum Gasteiger partial charge on any atom is 0.264 e. The van der Waals surface area contributed by atoms with Gasteiger partial charge in [0.05, 0.1) is 11.8 Å². The molecule has 3 heterocycles. The molecule has 3 amide bonds. The first kappa shape index (κ1) is 31.1. The molecule has 46 heavy (non-hydrogen) atoms. The highest BCUT2D eigenvalue weighted by atomic mass is 16.6. The van der Waals surface area contributed by atoms with Gasteiger partial charge in [0.2, 0.25) is 12.3 Å². The van der Waals surface area contributed by atoms with E-state index in [4.69, 9.17) is 15.3 Å². The third-order valence-electron chi connectivity index (χ3n) is 7.04. The molecule has 5 rings (SSSR count). The highest BCUT2D eigenvalue weighted by molar-refractivity contribution is 6.24. The standard InChI is InChI=1S/C32H31N9O5/c1-20-28(21-6-5-7-23(33)14-21)29(22-15-38-41(2)17-22)46-39-18-36-32(20)45-25-11-9-24(10-12-25)40-31(44)26(30(43)37-19-42)16-35-27-8-3-4-13-34-27/h3-16,18-19,22,28-29H,1,17,33H2,2H3,(H,34,35)(H,40,44)(H,37,42,43)/b26-16+,36-32?,39-18-. The summed E-state index contributed by atoms with van der Waals surface area (Å²) < 4.78 is 6.17. The Kier molecular flexibility index (Phi) is 9.77. The van der Waals surface area contributed by atoms with Crippen LogP contribution in [0.1, 0.15) is 11.5 Å². The summed E-state index contributed by atoms with van der Waals surface area (Å²) in [6.45, 7) is 4.96. The average Bonchev–Trinajstić information content (AvgIpc) is 3.48. The van der Waals surface area contributed by atoms with E-state index in [2.05, 4.69) is 37.4 Å². The zero-order valence-electron chi connectivity index (χ0n) is 24.7. The summed E-state index contributed by atoms with van der Waals surface area (Å²) in [5.74, 6) is -1.18. The molecule has 0 bridgehead atoms. The summed E-state index contributed by atoms with van der Waals surface area (Å²) in [7, 11) is 1.88. The van der Waals surface area contributed by atoms with Gasteiger partial charge < -0.3 is 25.9 Å². The smallest absolute Gasteiger partial charge is 0.264 e. The number of imide groups is 1. The maximum atomic E-state index is 13.0. The maximum absolute atomic E-state index is 13.0. The molecule has 5 N–H and O–H groups in total.